The first-order chi connectivity index (χ1) is 16.1. The molecule has 5 rings (SSSR count). The molecule has 6 nitrogen and oxygen atoms in total. The fourth-order valence-corrected chi connectivity index (χ4v) is 4.51. The van der Waals surface area contributed by atoms with Gasteiger partial charge in [0.2, 0.25) is 0 Å². The second-order valence-corrected chi connectivity index (χ2v) is 8.53. The molecule has 0 radical (unpaired) electrons. The lowest BCUT2D eigenvalue weighted by molar-refractivity contribution is 0.135. The number of benzene rings is 2. The van der Waals surface area contributed by atoms with E-state index in [1.165, 1.54) is 12.1 Å². The Balaban J connectivity index is 1.40. The third-order valence-corrected chi connectivity index (χ3v) is 6.20. The molecule has 0 aliphatic carbocycles. The van der Waals surface area contributed by atoms with Crippen LogP contribution in [0.5, 0.6) is 5.75 Å². The van der Waals surface area contributed by atoms with Crippen LogP contribution in [0.1, 0.15) is 35.6 Å². The number of nitrogens with zero attached hydrogens (tertiary/aromatic N) is 4. The number of methoxy groups -OCH3 is 1. The van der Waals surface area contributed by atoms with E-state index in [-0.39, 0.29) is 11.7 Å². The lowest BCUT2D eigenvalue weighted by Crippen LogP contribution is -2.39. The number of halogens is 1. The van der Waals surface area contributed by atoms with Crippen LogP contribution in [-0.4, -0.2) is 47.1 Å². The standard InChI is InChI=1S/C26H27FN4O2/c1-18-14-31(17-28-18)24-10-5-19(13-25(24)32-2)12-21-4-3-11-30-15-22(16-33-29-26(21)30)20-6-8-23(27)9-7-20/h5-10,12-14,17,22H,3-4,11,15-16H2,1-2H3/b21-12+/t22-/m1/s1. The Morgan fingerprint density at radius 2 is 2.03 bits per heavy atom. The van der Waals surface area contributed by atoms with Crippen molar-refractivity contribution in [2.45, 2.75) is 25.7 Å². The van der Waals surface area contributed by atoms with Crippen molar-refractivity contribution < 1.29 is 14.0 Å². The fraction of sp³-hybridized carbons (Fsp3) is 0.308. The third-order valence-electron chi connectivity index (χ3n) is 6.20. The number of amidine groups is 1. The van der Waals surface area contributed by atoms with Crippen LogP contribution in [0.3, 0.4) is 0 Å². The van der Waals surface area contributed by atoms with E-state index in [0.29, 0.717) is 6.61 Å². The minimum Gasteiger partial charge on any atom is -0.495 e. The highest BCUT2D eigenvalue weighted by Gasteiger charge is 2.28. The summed E-state index contributed by atoms with van der Waals surface area (Å²) in [6.07, 6.45) is 7.91. The van der Waals surface area contributed by atoms with Gasteiger partial charge in [0.1, 0.15) is 18.2 Å². The predicted octanol–water partition coefficient (Wildman–Crippen LogP) is 4.94. The van der Waals surface area contributed by atoms with E-state index in [0.717, 1.165) is 65.6 Å². The summed E-state index contributed by atoms with van der Waals surface area (Å²) in [5.41, 5.74) is 5.17. The van der Waals surface area contributed by atoms with Crippen molar-refractivity contribution >= 4 is 11.9 Å². The minimum atomic E-state index is -0.224. The molecule has 2 aliphatic rings. The third kappa shape index (κ3) is 4.49. The summed E-state index contributed by atoms with van der Waals surface area (Å²) in [4.78, 5) is 12.3. The first kappa shape index (κ1) is 21.2. The van der Waals surface area contributed by atoms with Gasteiger partial charge in [-0.1, -0.05) is 23.4 Å². The van der Waals surface area contributed by atoms with Crippen LogP contribution in [0, 0.1) is 12.7 Å². The molecule has 0 amide bonds. The molecule has 1 aromatic heterocycles. The van der Waals surface area contributed by atoms with Gasteiger partial charge in [0.25, 0.3) is 0 Å². The number of oxime groups is 1. The van der Waals surface area contributed by atoms with Crippen molar-refractivity contribution in [2.24, 2.45) is 5.16 Å². The molecule has 3 heterocycles. The quantitative estimate of drug-likeness (QED) is 0.570. The second kappa shape index (κ2) is 9.10. The molecule has 0 unspecified atom stereocenters. The Labute approximate surface area is 192 Å². The van der Waals surface area contributed by atoms with Crippen LogP contribution in [0.15, 0.2) is 65.7 Å². The zero-order valence-electron chi connectivity index (χ0n) is 18.9. The van der Waals surface area contributed by atoms with Gasteiger partial charge in [-0.3, -0.25) is 0 Å². The lowest BCUT2D eigenvalue weighted by atomic mass is 9.96. The van der Waals surface area contributed by atoms with Gasteiger partial charge in [-0.05, 0) is 66.8 Å². The molecule has 1 saturated heterocycles. The van der Waals surface area contributed by atoms with Crippen LogP contribution in [-0.2, 0) is 4.84 Å². The molecule has 0 N–H and O–H groups in total. The Kier molecular flexibility index (Phi) is 5.86. The summed E-state index contributed by atoms with van der Waals surface area (Å²) in [5, 5.41) is 4.48. The zero-order valence-corrected chi connectivity index (χ0v) is 18.9. The van der Waals surface area contributed by atoms with E-state index in [1.54, 1.807) is 13.4 Å². The highest BCUT2D eigenvalue weighted by molar-refractivity contribution is 6.02. The molecule has 0 saturated carbocycles. The van der Waals surface area contributed by atoms with E-state index >= 15 is 0 Å². The van der Waals surface area contributed by atoms with Crippen molar-refractivity contribution in [1.82, 2.24) is 14.5 Å². The smallest absolute Gasteiger partial charge is 0.171 e. The molecule has 1 fully saturated rings. The predicted molar refractivity (Wildman–Crippen MR) is 126 cm³/mol. The van der Waals surface area contributed by atoms with Crippen LogP contribution in [0.2, 0.25) is 0 Å². The number of piperidine rings is 1. The molecular weight excluding hydrogens is 419 g/mol. The van der Waals surface area contributed by atoms with Crippen molar-refractivity contribution in [3.05, 3.63) is 83.2 Å². The molecule has 2 aliphatic heterocycles. The van der Waals surface area contributed by atoms with Crippen LogP contribution in [0.25, 0.3) is 11.8 Å². The zero-order chi connectivity index (χ0) is 22.8. The molecule has 0 spiro atoms. The summed E-state index contributed by atoms with van der Waals surface area (Å²) in [6.45, 7) is 4.17. The maximum atomic E-state index is 13.4. The maximum Gasteiger partial charge on any atom is 0.171 e. The topological polar surface area (TPSA) is 51.9 Å². The van der Waals surface area contributed by atoms with Gasteiger partial charge >= 0.3 is 0 Å². The Morgan fingerprint density at radius 1 is 1.18 bits per heavy atom. The Hall–Kier alpha value is -3.61. The highest BCUT2D eigenvalue weighted by Crippen LogP contribution is 2.30. The monoisotopic (exact) mass is 446 g/mol. The summed E-state index contributed by atoms with van der Waals surface area (Å²) in [7, 11) is 1.68. The molecule has 7 heteroatoms. The van der Waals surface area contributed by atoms with E-state index in [1.807, 2.05) is 42.0 Å². The molecule has 2 aromatic carbocycles. The number of fused-ring (bicyclic) bond motifs is 1. The number of ether oxygens (including phenoxy) is 1. The van der Waals surface area contributed by atoms with Crippen LogP contribution >= 0.6 is 0 Å². The number of rotatable bonds is 4. The average molecular weight is 447 g/mol. The van der Waals surface area contributed by atoms with Gasteiger partial charge in [-0.2, -0.15) is 0 Å². The highest BCUT2D eigenvalue weighted by atomic mass is 19.1. The number of imidazole rings is 1. The molecule has 170 valence electrons. The number of hydrogen-bond acceptors (Lipinski definition) is 5. The van der Waals surface area contributed by atoms with Gasteiger partial charge in [0.05, 0.1) is 24.8 Å². The largest absolute Gasteiger partial charge is 0.495 e. The number of hydrogen-bond donors (Lipinski definition) is 0. The molecular formula is C26H27FN4O2. The molecule has 33 heavy (non-hydrogen) atoms. The normalized spacial score (nSPS) is 19.5. The fourth-order valence-electron chi connectivity index (χ4n) is 4.51. The SMILES string of the molecule is COc1cc(/C=C2\CCCN3C[C@@H](c4ccc(F)cc4)CON=C23)ccc1-n1cnc(C)c1. The maximum absolute atomic E-state index is 13.4. The summed E-state index contributed by atoms with van der Waals surface area (Å²) >= 11 is 0. The lowest BCUT2D eigenvalue weighted by Gasteiger charge is -2.31. The number of aromatic nitrogens is 2. The Morgan fingerprint density at radius 3 is 2.79 bits per heavy atom. The van der Waals surface area contributed by atoms with Gasteiger partial charge < -0.3 is 19.0 Å². The molecule has 1 atom stereocenters. The van der Waals surface area contributed by atoms with Crippen molar-refractivity contribution in [2.75, 3.05) is 26.8 Å². The first-order valence-corrected chi connectivity index (χ1v) is 11.2. The van der Waals surface area contributed by atoms with Gasteiger partial charge in [-0.25, -0.2) is 9.37 Å². The van der Waals surface area contributed by atoms with Crippen molar-refractivity contribution in [1.29, 1.82) is 0 Å². The van der Waals surface area contributed by atoms with E-state index in [4.69, 9.17) is 9.57 Å². The molecule has 3 aromatic rings. The van der Waals surface area contributed by atoms with E-state index < -0.39 is 0 Å². The number of aryl methyl sites for hydroxylation is 1. The van der Waals surface area contributed by atoms with Crippen molar-refractivity contribution in [3.8, 4) is 11.4 Å². The minimum absolute atomic E-state index is 0.143. The summed E-state index contributed by atoms with van der Waals surface area (Å²) < 4.78 is 21.0. The van der Waals surface area contributed by atoms with Crippen LogP contribution in [0.4, 0.5) is 4.39 Å². The van der Waals surface area contributed by atoms with E-state index in [2.05, 4.69) is 27.2 Å². The van der Waals surface area contributed by atoms with Gasteiger partial charge in [0, 0.05) is 25.2 Å². The average Bonchev–Trinajstić information content (AvgIpc) is 3.13. The first-order valence-electron chi connectivity index (χ1n) is 11.2. The van der Waals surface area contributed by atoms with Crippen LogP contribution < -0.4 is 4.74 Å². The Bertz CT molecular complexity index is 1200. The van der Waals surface area contributed by atoms with E-state index in [9.17, 15) is 4.39 Å². The van der Waals surface area contributed by atoms with Gasteiger partial charge in [-0.15, -0.1) is 0 Å². The molecule has 0 bridgehead atoms. The van der Waals surface area contributed by atoms with Crippen molar-refractivity contribution in [3.63, 3.8) is 0 Å². The van der Waals surface area contributed by atoms with Gasteiger partial charge in [0.15, 0.2) is 5.84 Å². The summed E-state index contributed by atoms with van der Waals surface area (Å²) in [6, 6.07) is 12.9. The summed E-state index contributed by atoms with van der Waals surface area (Å²) in [5.74, 6) is 1.59. The second-order valence-electron chi connectivity index (χ2n) is 8.53.